The van der Waals surface area contributed by atoms with Gasteiger partial charge in [-0.3, -0.25) is 0 Å². The number of nitrogens with one attached hydrogen (secondary N) is 1. The number of piperidine rings is 1. The van der Waals surface area contributed by atoms with E-state index in [1.165, 1.54) is 19.3 Å². The summed E-state index contributed by atoms with van der Waals surface area (Å²) in [4.78, 5) is 2.33. The zero-order chi connectivity index (χ0) is 13.0. The van der Waals surface area contributed by atoms with Gasteiger partial charge < -0.3 is 10.2 Å². The van der Waals surface area contributed by atoms with Crippen LogP contribution in [0.5, 0.6) is 0 Å². The average molecular weight is 248 g/mol. The van der Waals surface area contributed by atoms with E-state index in [1.807, 2.05) is 0 Å². The van der Waals surface area contributed by atoms with E-state index in [1.54, 1.807) is 0 Å². The monoisotopic (exact) mass is 248 g/mol. The number of nitrogens with zero attached hydrogens (tertiary/aromatic N) is 3. The summed E-state index contributed by atoms with van der Waals surface area (Å²) in [5, 5.41) is 12.1. The quantitative estimate of drug-likeness (QED) is 0.891. The van der Waals surface area contributed by atoms with Gasteiger partial charge in [-0.25, -0.2) is 0 Å². The summed E-state index contributed by atoms with van der Waals surface area (Å²) in [5.41, 5.74) is 1.12. The van der Waals surface area contributed by atoms with E-state index in [4.69, 9.17) is 0 Å². The second kappa shape index (κ2) is 5.65. The lowest BCUT2D eigenvalue weighted by atomic mass is 10.1. The van der Waals surface area contributed by atoms with Crippen LogP contribution in [-0.4, -0.2) is 28.8 Å². The fraction of sp³-hybridized carbons (Fsp3) is 0.714. The van der Waals surface area contributed by atoms with Gasteiger partial charge in [-0.2, -0.15) is 5.10 Å². The number of hydrogen-bond acceptors (Lipinski definition) is 4. The van der Waals surface area contributed by atoms with E-state index in [-0.39, 0.29) is 5.54 Å². The minimum atomic E-state index is 0.118. The molecular weight excluding hydrogens is 224 g/mol. The number of rotatable bonds is 3. The predicted molar refractivity (Wildman–Crippen MR) is 74.7 cm³/mol. The van der Waals surface area contributed by atoms with Gasteiger partial charge in [-0.1, -0.05) is 0 Å². The molecule has 100 valence electrons. The summed E-state index contributed by atoms with van der Waals surface area (Å²) in [6.07, 6.45) is 3.89. The number of aromatic nitrogens is 2. The molecular formula is C14H24N4. The van der Waals surface area contributed by atoms with Crippen molar-refractivity contribution in [3.63, 3.8) is 0 Å². The van der Waals surface area contributed by atoms with Gasteiger partial charge in [0, 0.05) is 25.2 Å². The largest absolute Gasteiger partial charge is 0.355 e. The molecule has 0 bridgehead atoms. The molecule has 2 rings (SSSR count). The summed E-state index contributed by atoms with van der Waals surface area (Å²) in [6.45, 7) is 9.48. The first-order valence-corrected chi connectivity index (χ1v) is 6.87. The Hall–Kier alpha value is -1.16. The van der Waals surface area contributed by atoms with Crippen LogP contribution in [0.3, 0.4) is 0 Å². The van der Waals surface area contributed by atoms with Crippen molar-refractivity contribution < 1.29 is 0 Å². The van der Waals surface area contributed by atoms with Crippen LogP contribution in [0.2, 0.25) is 0 Å². The van der Waals surface area contributed by atoms with Crippen LogP contribution in [0.25, 0.3) is 0 Å². The van der Waals surface area contributed by atoms with E-state index in [0.29, 0.717) is 0 Å². The molecule has 0 aromatic carbocycles. The minimum Gasteiger partial charge on any atom is -0.355 e. The topological polar surface area (TPSA) is 41.0 Å². The zero-order valence-electron chi connectivity index (χ0n) is 11.7. The Labute approximate surface area is 110 Å². The van der Waals surface area contributed by atoms with E-state index in [9.17, 15) is 0 Å². The second-order valence-corrected chi connectivity index (χ2v) is 6.03. The highest BCUT2D eigenvalue weighted by atomic mass is 15.3. The van der Waals surface area contributed by atoms with E-state index in [0.717, 1.165) is 31.1 Å². The SMILES string of the molecule is CC(C)(C)NCc1ccc(N2CCCCC2)nn1. The van der Waals surface area contributed by atoms with Gasteiger partial charge in [-0.15, -0.1) is 5.10 Å². The molecule has 1 fully saturated rings. The molecule has 4 nitrogen and oxygen atoms in total. The van der Waals surface area contributed by atoms with Crippen molar-refractivity contribution in [1.82, 2.24) is 15.5 Å². The molecule has 0 saturated carbocycles. The smallest absolute Gasteiger partial charge is 0.151 e. The fourth-order valence-corrected chi connectivity index (χ4v) is 2.09. The number of hydrogen-bond donors (Lipinski definition) is 1. The standard InChI is InChI=1S/C14H24N4/c1-14(2,3)15-11-12-7-8-13(17-16-12)18-9-5-4-6-10-18/h7-8,15H,4-6,9-11H2,1-3H3. The first kappa shape index (κ1) is 13.3. The molecule has 0 atom stereocenters. The number of anilines is 1. The average Bonchev–Trinajstić information content (AvgIpc) is 2.37. The molecule has 18 heavy (non-hydrogen) atoms. The maximum Gasteiger partial charge on any atom is 0.151 e. The van der Waals surface area contributed by atoms with Crippen molar-refractivity contribution in [2.45, 2.75) is 52.1 Å². The summed E-state index contributed by atoms with van der Waals surface area (Å²) in [6, 6.07) is 4.17. The molecule has 1 aromatic heterocycles. The Kier molecular flexibility index (Phi) is 4.17. The fourth-order valence-electron chi connectivity index (χ4n) is 2.09. The van der Waals surface area contributed by atoms with Crippen LogP contribution < -0.4 is 10.2 Å². The maximum absolute atomic E-state index is 4.34. The molecule has 1 aromatic rings. The summed E-state index contributed by atoms with van der Waals surface area (Å²) < 4.78 is 0. The van der Waals surface area contributed by atoms with Crippen LogP contribution in [0, 0.1) is 0 Å². The zero-order valence-corrected chi connectivity index (χ0v) is 11.7. The van der Waals surface area contributed by atoms with Crippen LogP contribution in [0.1, 0.15) is 45.7 Å². The van der Waals surface area contributed by atoms with Crippen LogP contribution >= 0.6 is 0 Å². The van der Waals surface area contributed by atoms with Gasteiger partial charge in [0.2, 0.25) is 0 Å². The lowest BCUT2D eigenvalue weighted by Crippen LogP contribution is -2.35. The first-order chi connectivity index (χ1) is 8.54. The van der Waals surface area contributed by atoms with Gasteiger partial charge in [0.25, 0.3) is 0 Å². The second-order valence-electron chi connectivity index (χ2n) is 6.03. The third-order valence-electron chi connectivity index (χ3n) is 3.19. The van der Waals surface area contributed by atoms with Gasteiger partial charge in [0.1, 0.15) is 0 Å². The van der Waals surface area contributed by atoms with Gasteiger partial charge >= 0.3 is 0 Å². The molecule has 1 saturated heterocycles. The molecule has 1 aliphatic heterocycles. The van der Waals surface area contributed by atoms with Gasteiger partial charge in [0.05, 0.1) is 5.69 Å². The molecule has 2 heterocycles. The Morgan fingerprint density at radius 3 is 2.39 bits per heavy atom. The van der Waals surface area contributed by atoms with E-state index in [2.05, 4.69) is 53.3 Å². The summed E-state index contributed by atoms with van der Waals surface area (Å²) in [7, 11) is 0. The van der Waals surface area contributed by atoms with Crippen molar-refractivity contribution in [3.05, 3.63) is 17.8 Å². The molecule has 0 unspecified atom stereocenters. The maximum atomic E-state index is 4.34. The van der Waals surface area contributed by atoms with Gasteiger partial charge in [-0.05, 0) is 52.2 Å². The molecule has 0 aliphatic carbocycles. The highest BCUT2D eigenvalue weighted by Gasteiger charge is 2.13. The summed E-state index contributed by atoms with van der Waals surface area (Å²) in [5.74, 6) is 1.02. The molecule has 0 amide bonds. The predicted octanol–water partition coefficient (Wildman–Crippen LogP) is 2.36. The lowest BCUT2D eigenvalue weighted by molar-refractivity contribution is 0.420. The van der Waals surface area contributed by atoms with Crippen LogP contribution in [0.4, 0.5) is 5.82 Å². The molecule has 0 spiro atoms. The Morgan fingerprint density at radius 2 is 1.83 bits per heavy atom. The van der Waals surface area contributed by atoms with Crippen molar-refractivity contribution >= 4 is 5.82 Å². The Bertz CT molecular complexity index is 360. The van der Waals surface area contributed by atoms with Crippen molar-refractivity contribution in [3.8, 4) is 0 Å². The van der Waals surface area contributed by atoms with Gasteiger partial charge in [0.15, 0.2) is 5.82 Å². The normalized spacial score (nSPS) is 16.9. The third-order valence-corrected chi connectivity index (χ3v) is 3.19. The van der Waals surface area contributed by atoms with Crippen molar-refractivity contribution in [2.24, 2.45) is 0 Å². The van der Waals surface area contributed by atoms with Crippen molar-refractivity contribution in [1.29, 1.82) is 0 Å². The molecule has 1 N–H and O–H groups in total. The highest BCUT2D eigenvalue weighted by molar-refractivity contribution is 5.37. The van der Waals surface area contributed by atoms with Crippen LogP contribution in [-0.2, 0) is 6.54 Å². The summed E-state index contributed by atoms with van der Waals surface area (Å²) >= 11 is 0. The molecule has 0 radical (unpaired) electrons. The highest BCUT2D eigenvalue weighted by Crippen LogP contribution is 2.16. The van der Waals surface area contributed by atoms with E-state index < -0.39 is 0 Å². The van der Waals surface area contributed by atoms with Crippen LogP contribution in [0.15, 0.2) is 12.1 Å². The third kappa shape index (κ3) is 3.95. The minimum absolute atomic E-state index is 0.118. The first-order valence-electron chi connectivity index (χ1n) is 6.87. The Morgan fingerprint density at radius 1 is 1.11 bits per heavy atom. The Balaban J connectivity index is 1.92. The van der Waals surface area contributed by atoms with E-state index >= 15 is 0 Å². The lowest BCUT2D eigenvalue weighted by Gasteiger charge is -2.27. The molecule has 1 aliphatic rings. The molecule has 4 heteroatoms. The van der Waals surface area contributed by atoms with Crippen molar-refractivity contribution in [2.75, 3.05) is 18.0 Å².